The van der Waals surface area contributed by atoms with Crippen LogP contribution in [0.25, 0.3) is 0 Å². The summed E-state index contributed by atoms with van der Waals surface area (Å²) >= 11 is 1.48. The lowest BCUT2D eigenvalue weighted by atomic mass is 10.3. The predicted octanol–water partition coefficient (Wildman–Crippen LogP) is 2.91. The molecule has 0 aliphatic carbocycles. The quantitative estimate of drug-likeness (QED) is 0.566. The fraction of sp³-hybridized carbons (Fsp3) is 0.333. The molecule has 0 saturated heterocycles. The summed E-state index contributed by atoms with van der Waals surface area (Å²) in [4.78, 5) is 0.630. The molecule has 12 heavy (non-hydrogen) atoms. The molecule has 0 radical (unpaired) electrons. The van der Waals surface area contributed by atoms with Gasteiger partial charge in [0, 0.05) is 15.8 Å². The molecule has 1 aromatic rings. The Bertz CT molecular complexity index is 273. The van der Waals surface area contributed by atoms with Gasteiger partial charge in [-0.1, -0.05) is 13.8 Å². The van der Waals surface area contributed by atoms with Gasteiger partial charge in [0.25, 0.3) is 0 Å². The fourth-order valence-electron chi connectivity index (χ4n) is 0.864. The largest absolute Gasteiger partial charge is 0.399 e. The number of thioether (sulfide) groups is 1. The minimum Gasteiger partial charge on any atom is -0.399 e. The Kier molecular flexibility index (Phi) is 2.98. The summed E-state index contributed by atoms with van der Waals surface area (Å²) in [5.41, 5.74) is 6.13. The molecule has 0 saturated carbocycles. The van der Waals surface area contributed by atoms with Crippen LogP contribution in [-0.4, -0.2) is 5.25 Å². The first-order valence-electron chi connectivity index (χ1n) is 3.81. The molecule has 66 valence electrons. The minimum atomic E-state index is -0.192. The SMILES string of the molecule is CC(C)Sc1cc(N)ccc1F. The summed E-state index contributed by atoms with van der Waals surface area (Å²) in [6, 6.07) is 4.64. The molecule has 1 rings (SSSR count). The maximum Gasteiger partial charge on any atom is 0.136 e. The molecular weight excluding hydrogens is 173 g/mol. The Hall–Kier alpha value is -0.700. The number of hydrogen-bond donors (Lipinski definition) is 1. The van der Waals surface area contributed by atoms with Gasteiger partial charge in [-0.2, -0.15) is 0 Å². The minimum absolute atomic E-state index is 0.192. The van der Waals surface area contributed by atoms with Crippen molar-refractivity contribution in [2.75, 3.05) is 5.73 Å². The summed E-state index contributed by atoms with van der Waals surface area (Å²) in [6.45, 7) is 4.04. The maximum atomic E-state index is 13.1. The number of nitrogen functional groups attached to an aromatic ring is 1. The second kappa shape index (κ2) is 3.81. The van der Waals surface area contributed by atoms with Crippen LogP contribution in [-0.2, 0) is 0 Å². The highest BCUT2D eigenvalue weighted by atomic mass is 32.2. The van der Waals surface area contributed by atoms with Gasteiger partial charge < -0.3 is 5.73 Å². The molecule has 0 atom stereocenters. The lowest BCUT2D eigenvalue weighted by Gasteiger charge is -2.06. The van der Waals surface area contributed by atoms with Crippen LogP contribution in [0.3, 0.4) is 0 Å². The van der Waals surface area contributed by atoms with Crippen molar-refractivity contribution in [3.63, 3.8) is 0 Å². The van der Waals surface area contributed by atoms with E-state index in [1.807, 2.05) is 13.8 Å². The smallest absolute Gasteiger partial charge is 0.136 e. The van der Waals surface area contributed by atoms with Crippen LogP contribution in [0.2, 0.25) is 0 Å². The Morgan fingerprint density at radius 3 is 2.67 bits per heavy atom. The second-order valence-corrected chi connectivity index (χ2v) is 4.47. The van der Waals surface area contributed by atoms with Crippen molar-refractivity contribution >= 4 is 17.4 Å². The van der Waals surface area contributed by atoms with E-state index in [2.05, 4.69) is 0 Å². The van der Waals surface area contributed by atoms with E-state index in [0.717, 1.165) is 0 Å². The number of nitrogens with two attached hydrogens (primary N) is 1. The van der Waals surface area contributed by atoms with Gasteiger partial charge in [-0.3, -0.25) is 0 Å². The Balaban J connectivity index is 2.90. The molecule has 2 N–H and O–H groups in total. The molecule has 0 aromatic heterocycles. The van der Waals surface area contributed by atoms with Crippen LogP contribution in [0.5, 0.6) is 0 Å². The zero-order chi connectivity index (χ0) is 9.14. The molecule has 1 nitrogen and oxygen atoms in total. The summed E-state index contributed by atoms with van der Waals surface area (Å²) in [5.74, 6) is -0.192. The molecule has 3 heteroatoms. The summed E-state index contributed by atoms with van der Waals surface area (Å²) in [5, 5.41) is 0.376. The molecule has 0 bridgehead atoms. The molecule has 0 aliphatic heterocycles. The highest BCUT2D eigenvalue weighted by Gasteiger charge is 2.04. The third kappa shape index (κ3) is 2.41. The average Bonchev–Trinajstić information content (AvgIpc) is 1.96. The molecule has 0 fully saturated rings. The monoisotopic (exact) mass is 185 g/mol. The first-order valence-corrected chi connectivity index (χ1v) is 4.69. The first-order chi connectivity index (χ1) is 5.59. The van der Waals surface area contributed by atoms with Crippen molar-refractivity contribution in [2.45, 2.75) is 24.0 Å². The number of halogens is 1. The van der Waals surface area contributed by atoms with Gasteiger partial charge in [-0.05, 0) is 18.2 Å². The van der Waals surface area contributed by atoms with Crippen molar-refractivity contribution < 1.29 is 4.39 Å². The summed E-state index contributed by atoms with van der Waals surface area (Å²) in [7, 11) is 0. The van der Waals surface area contributed by atoms with Gasteiger partial charge >= 0.3 is 0 Å². The van der Waals surface area contributed by atoms with Crippen LogP contribution >= 0.6 is 11.8 Å². The van der Waals surface area contributed by atoms with Crippen molar-refractivity contribution in [3.8, 4) is 0 Å². The highest BCUT2D eigenvalue weighted by molar-refractivity contribution is 7.99. The van der Waals surface area contributed by atoms with Crippen LogP contribution < -0.4 is 5.73 Å². The molecule has 0 heterocycles. The van der Waals surface area contributed by atoms with Crippen LogP contribution in [0, 0.1) is 5.82 Å². The zero-order valence-corrected chi connectivity index (χ0v) is 7.99. The second-order valence-electron chi connectivity index (χ2n) is 2.86. The van der Waals surface area contributed by atoms with E-state index in [4.69, 9.17) is 5.73 Å². The highest BCUT2D eigenvalue weighted by Crippen LogP contribution is 2.27. The molecule has 1 aromatic carbocycles. The molecule has 0 spiro atoms. The third-order valence-corrected chi connectivity index (χ3v) is 2.36. The van der Waals surface area contributed by atoms with E-state index in [1.54, 1.807) is 12.1 Å². The lowest BCUT2D eigenvalue weighted by Crippen LogP contribution is -1.91. The van der Waals surface area contributed by atoms with E-state index in [9.17, 15) is 4.39 Å². The van der Waals surface area contributed by atoms with Crippen LogP contribution in [0.4, 0.5) is 10.1 Å². The predicted molar refractivity (Wildman–Crippen MR) is 51.8 cm³/mol. The number of anilines is 1. The van der Waals surface area contributed by atoms with E-state index in [-0.39, 0.29) is 5.82 Å². The fourth-order valence-corrected chi connectivity index (χ4v) is 1.76. The van der Waals surface area contributed by atoms with E-state index < -0.39 is 0 Å². The van der Waals surface area contributed by atoms with Crippen LogP contribution in [0.1, 0.15) is 13.8 Å². The van der Waals surface area contributed by atoms with E-state index in [1.165, 1.54) is 17.8 Å². The summed E-state index contributed by atoms with van der Waals surface area (Å²) < 4.78 is 13.1. The Labute approximate surface area is 76.2 Å². The van der Waals surface area contributed by atoms with Crippen molar-refractivity contribution in [3.05, 3.63) is 24.0 Å². The van der Waals surface area contributed by atoms with Crippen molar-refractivity contribution in [2.24, 2.45) is 0 Å². The van der Waals surface area contributed by atoms with Crippen LogP contribution in [0.15, 0.2) is 23.1 Å². The van der Waals surface area contributed by atoms with Gasteiger partial charge in [-0.25, -0.2) is 4.39 Å². The number of rotatable bonds is 2. The normalized spacial score (nSPS) is 10.7. The van der Waals surface area contributed by atoms with E-state index >= 15 is 0 Å². The van der Waals surface area contributed by atoms with Crippen molar-refractivity contribution in [1.82, 2.24) is 0 Å². The number of benzene rings is 1. The lowest BCUT2D eigenvalue weighted by molar-refractivity contribution is 0.602. The Morgan fingerprint density at radius 1 is 1.42 bits per heavy atom. The van der Waals surface area contributed by atoms with Gasteiger partial charge in [0.05, 0.1) is 0 Å². The molecule has 0 amide bonds. The van der Waals surface area contributed by atoms with E-state index in [0.29, 0.717) is 15.8 Å². The standard InChI is InChI=1S/C9H12FNS/c1-6(2)12-9-5-7(11)3-4-8(9)10/h3-6H,11H2,1-2H3. The van der Waals surface area contributed by atoms with Gasteiger partial charge in [0.1, 0.15) is 5.82 Å². The third-order valence-electron chi connectivity index (χ3n) is 1.32. The van der Waals surface area contributed by atoms with Crippen molar-refractivity contribution in [1.29, 1.82) is 0 Å². The number of hydrogen-bond acceptors (Lipinski definition) is 2. The molecule has 0 aliphatic rings. The summed E-state index contributed by atoms with van der Waals surface area (Å²) in [6.07, 6.45) is 0. The maximum absolute atomic E-state index is 13.1. The Morgan fingerprint density at radius 2 is 2.08 bits per heavy atom. The van der Waals surface area contributed by atoms with Gasteiger partial charge in [-0.15, -0.1) is 11.8 Å². The zero-order valence-electron chi connectivity index (χ0n) is 7.17. The molecular formula is C9H12FNS. The first kappa shape index (κ1) is 9.39. The average molecular weight is 185 g/mol. The topological polar surface area (TPSA) is 26.0 Å². The molecule has 0 unspecified atom stereocenters. The van der Waals surface area contributed by atoms with Gasteiger partial charge in [0.2, 0.25) is 0 Å². The van der Waals surface area contributed by atoms with Gasteiger partial charge in [0.15, 0.2) is 0 Å².